The van der Waals surface area contributed by atoms with Gasteiger partial charge < -0.3 is 43.7 Å². The maximum Gasteiger partial charge on any atom is 0.331 e. The molecule has 0 fully saturated rings. The molecule has 742 valence electrons. The highest BCUT2D eigenvalue weighted by atomic mass is 19.3. The molecule has 0 aliphatic heterocycles. The number of hydrogen-bond acceptors (Lipinski definition) is 14. The summed E-state index contributed by atoms with van der Waals surface area (Å²) in [6.45, 7) is 21.3. The summed E-state index contributed by atoms with van der Waals surface area (Å²) in [5.74, 6) is 0.677. The molecule has 0 radical (unpaired) electrons. The van der Waals surface area contributed by atoms with Gasteiger partial charge in [0.15, 0.2) is 0 Å². The Morgan fingerprint density at radius 1 is 0.340 bits per heavy atom. The Morgan fingerprint density at radius 3 is 0.993 bits per heavy atom. The average molecular weight is 1940 g/mol. The van der Waals surface area contributed by atoms with Gasteiger partial charge in [-0.2, -0.15) is 0 Å². The minimum absolute atomic E-state index is 0. The summed E-state index contributed by atoms with van der Waals surface area (Å²) >= 11 is 0. The number of aromatic nitrogens is 15. The number of nitrogens with one attached hydrogen (secondary N) is 3. The van der Waals surface area contributed by atoms with Gasteiger partial charge in [0.05, 0.1) is 27.8 Å². The zero-order chi connectivity index (χ0) is 100. The third-order valence-corrected chi connectivity index (χ3v) is 24.9. The van der Waals surface area contributed by atoms with Gasteiger partial charge in [0.2, 0.25) is 0 Å². The van der Waals surface area contributed by atoms with Gasteiger partial charge in [-0.1, -0.05) is 234 Å². The van der Waals surface area contributed by atoms with E-state index in [0.717, 1.165) is 90.4 Å². The molecule has 19 rings (SSSR count). The number of hydrogen-bond donors (Lipinski definition) is 3. The van der Waals surface area contributed by atoms with Crippen LogP contribution in [0.2, 0.25) is 0 Å². The molecule has 29 heteroatoms. The molecule has 144 heavy (non-hydrogen) atoms. The number of alkyl halides is 2. The number of nitrogens with zero attached hydrogens (tertiary/aromatic N) is 16. The van der Waals surface area contributed by atoms with E-state index in [4.69, 9.17) is 0 Å². The van der Waals surface area contributed by atoms with Crippen LogP contribution >= 0.6 is 0 Å². The van der Waals surface area contributed by atoms with E-state index in [0.29, 0.717) is 113 Å². The van der Waals surface area contributed by atoms with Gasteiger partial charge in [-0.15, -0.1) is 0 Å². The van der Waals surface area contributed by atoms with E-state index in [9.17, 15) is 47.1 Å². The van der Waals surface area contributed by atoms with Gasteiger partial charge in [0.1, 0.15) is 44.8 Å². The fourth-order valence-electron chi connectivity index (χ4n) is 17.8. The van der Waals surface area contributed by atoms with E-state index in [-0.39, 0.29) is 83.5 Å². The summed E-state index contributed by atoms with van der Waals surface area (Å²) < 4.78 is 48.9. The van der Waals surface area contributed by atoms with Gasteiger partial charge in [-0.3, -0.25) is 65.7 Å². The fraction of sp³-hybridized carbons (Fsp3) is 0.252. The van der Waals surface area contributed by atoms with Crippen LogP contribution in [-0.4, -0.2) is 76.4 Å². The van der Waals surface area contributed by atoms with Crippen LogP contribution in [0.15, 0.2) is 355 Å². The molecule has 0 amide bonds. The molecular formula is C115H125F2N19O8. The Morgan fingerprint density at radius 2 is 0.646 bits per heavy atom. The molecule has 27 nitrogen and oxygen atoms in total. The van der Waals surface area contributed by atoms with E-state index in [1.807, 2.05) is 234 Å². The van der Waals surface area contributed by atoms with Crippen molar-refractivity contribution in [3.63, 3.8) is 0 Å². The number of halogens is 2. The van der Waals surface area contributed by atoms with E-state index >= 15 is 0 Å². The predicted octanol–water partition coefficient (Wildman–Crippen LogP) is 21.1. The maximum absolute atomic E-state index is 13.6. The van der Waals surface area contributed by atoms with E-state index in [2.05, 4.69) is 149 Å². The highest BCUT2D eigenvalue weighted by Crippen LogP contribution is 2.37. The van der Waals surface area contributed by atoms with E-state index in [1.165, 1.54) is 32.9 Å². The second kappa shape index (κ2) is 44.8. The van der Waals surface area contributed by atoms with Crippen molar-refractivity contribution < 1.29 is 8.78 Å². The standard InChI is InChI=1S/C30H31N5O2.C29H29N5O2.C28H29N5O2.C26H28F2N4O2.2CH4/c1-21(2)18-35-26-20-34(19-22-13-15-23(16-14-22)25-12-8-9-17-31-25)28(27(26)29(36)33(4)30(35)37)32(3)24-10-6-5-7-11-24;1-20(2)17-34-25-19-33(18-21-9-11-22(12-10-21)23-13-15-30-16-14-23)27(31-24-7-5-4-6-8-24)26(25)28(35)32(3)29(34)36;1-20(2)17-33-24-19-32(18-21-11-13-23(14-12-21)31-15-7-8-16-31)26(29-22-9-5-4-6-10-22)25(24)27(34)30(3)28(33)35;1-17(2)14-32-21-16-31(15-18-10-12-19(13-11-18)26(3,27)28)23(29-20-8-6-5-7-9-20)22(21)24(33)30(4)25(32)34;;/h5-17,20-21H,18-19H2,1-4H3;4-16,19-20,31H,17-18H2,1-3H3;4-16,19-20,29H,17-18H2,1-3H3;5-13,16-17,29H,14-15H2,1-4H3;2*1H4. The summed E-state index contributed by atoms with van der Waals surface area (Å²) in [6, 6.07) is 83.9. The second-order valence-corrected chi connectivity index (χ2v) is 37.6. The number of fused-ring (bicyclic) bond motifs is 4. The molecule has 0 saturated heterocycles. The molecular weight excluding hydrogens is 1810 g/mol. The summed E-state index contributed by atoms with van der Waals surface area (Å²) in [5, 5.41) is 12.2. The van der Waals surface area contributed by atoms with Crippen molar-refractivity contribution in [2.24, 2.45) is 51.9 Å². The SMILES string of the molecule is C.C.CC(C)Cn1c(=O)n(C)c(=O)c2c(N(C)c3ccccc3)n(Cc3ccc(-c4ccccn4)cc3)cc21.CC(C)Cn1c(=O)n(C)c(=O)c2c(Nc3ccccc3)n(Cc3ccc(-c4ccncc4)cc3)cc21.CC(C)Cn1c(=O)n(C)c(=O)c2c(Nc3ccccc3)n(Cc3ccc(-n4cccc4)cc3)cc21.CC(C)Cn1c(=O)n(C)c(=O)c2c(Nc3ccccc3)n(Cc3ccc(C(C)(F)F)cc3)cc21. The fourth-order valence-corrected chi connectivity index (χ4v) is 17.8. The van der Waals surface area contributed by atoms with Crippen LogP contribution in [0.5, 0.6) is 0 Å². The van der Waals surface area contributed by atoms with Gasteiger partial charge in [-0.25, -0.2) is 28.0 Å². The molecule has 0 unspecified atom stereocenters. The van der Waals surface area contributed by atoms with Gasteiger partial charge in [0, 0.05) is 190 Å². The molecule has 19 aromatic rings. The smallest absolute Gasteiger partial charge is 0.331 e. The molecule has 8 aromatic carbocycles. The molecule has 0 aliphatic rings. The quantitative estimate of drug-likeness (QED) is 0.0412. The van der Waals surface area contributed by atoms with Crippen molar-refractivity contribution in [1.82, 2.24) is 69.3 Å². The zero-order valence-corrected chi connectivity index (χ0v) is 82.2. The van der Waals surface area contributed by atoms with Crippen LogP contribution in [0.25, 0.3) is 71.7 Å². The first-order valence-electron chi connectivity index (χ1n) is 47.5. The lowest BCUT2D eigenvalue weighted by molar-refractivity contribution is 0.0174. The predicted molar refractivity (Wildman–Crippen MR) is 580 cm³/mol. The first kappa shape index (κ1) is 103. The summed E-state index contributed by atoms with van der Waals surface area (Å²) in [7, 11) is 8.09. The third kappa shape index (κ3) is 22.7. The maximum atomic E-state index is 13.6. The Bertz CT molecular complexity index is 8200. The number of para-hydroxylation sites is 4. The van der Waals surface area contributed by atoms with Crippen molar-refractivity contribution in [3.05, 3.63) is 428 Å². The highest BCUT2D eigenvalue weighted by molar-refractivity contribution is 5.96. The summed E-state index contributed by atoms with van der Waals surface area (Å²) in [6.07, 6.45) is 17.0. The molecule has 0 spiro atoms. The lowest BCUT2D eigenvalue weighted by atomic mass is 10.1. The van der Waals surface area contributed by atoms with Gasteiger partial charge in [0.25, 0.3) is 28.2 Å². The van der Waals surface area contributed by atoms with Crippen LogP contribution in [-0.2, 0) is 86.5 Å². The van der Waals surface area contributed by atoms with Crippen LogP contribution in [0.4, 0.5) is 54.8 Å². The Hall–Kier alpha value is -16.7. The summed E-state index contributed by atoms with van der Waals surface area (Å²) in [4.78, 5) is 116. The van der Waals surface area contributed by atoms with Crippen molar-refractivity contribution in [1.29, 1.82) is 0 Å². The first-order chi connectivity index (χ1) is 68.2. The number of pyridine rings is 2. The van der Waals surface area contributed by atoms with E-state index in [1.54, 1.807) is 76.3 Å². The Kier molecular flexibility index (Phi) is 32.1. The largest absolute Gasteiger partial charge is 0.341 e. The Labute approximate surface area is 834 Å². The topological polar surface area (TPSA) is 266 Å². The normalized spacial score (nSPS) is 11.4. The monoisotopic (exact) mass is 1940 g/mol. The van der Waals surface area contributed by atoms with Crippen molar-refractivity contribution in [2.75, 3.05) is 27.9 Å². The number of anilines is 8. The molecule has 0 bridgehead atoms. The molecule has 3 N–H and O–H groups in total. The van der Waals surface area contributed by atoms with Crippen LogP contribution in [0.1, 0.15) is 105 Å². The minimum Gasteiger partial charge on any atom is -0.341 e. The van der Waals surface area contributed by atoms with E-state index < -0.39 is 11.5 Å². The molecule has 11 heterocycles. The summed E-state index contributed by atoms with van der Waals surface area (Å²) in [5.41, 5.74) is 12.7. The van der Waals surface area contributed by atoms with Crippen LogP contribution < -0.4 is 65.8 Å². The van der Waals surface area contributed by atoms with Crippen molar-refractivity contribution in [2.45, 2.75) is 135 Å². The molecule has 0 saturated carbocycles. The van der Waals surface area contributed by atoms with Crippen LogP contribution in [0, 0.1) is 23.7 Å². The second-order valence-electron chi connectivity index (χ2n) is 37.6. The minimum atomic E-state index is -2.92. The first-order valence-corrected chi connectivity index (χ1v) is 47.5. The molecule has 0 atom stereocenters. The van der Waals surface area contributed by atoms with Gasteiger partial charge >= 0.3 is 22.8 Å². The average Bonchev–Trinajstić information content (AvgIpc) is 1.59. The van der Waals surface area contributed by atoms with Gasteiger partial charge in [-0.05, 0) is 154 Å². The van der Waals surface area contributed by atoms with Crippen LogP contribution in [0.3, 0.4) is 0 Å². The third-order valence-electron chi connectivity index (χ3n) is 24.9. The lowest BCUT2D eigenvalue weighted by Gasteiger charge is -2.22. The zero-order valence-electron chi connectivity index (χ0n) is 82.2. The van der Waals surface area contributed by atoms with Crippen molar-refractivity contribution >= 4 is 89.6 Å². The van der Waals surface area contributed by atoms with Crippen molar-refractivity contribution in [3.8, 4) is 28.1 Å². The molecule has 0 aliphatic carbocycles. The number of rotatable bonds is 28. The number of benzene rings is 8. The highest BCUT2D eigenvalue weighted by Gasteiger charge is 2.29. The lowest BCUT2D eigenvalue weighted by Crippen LogP contribution is -2.38. The molecule has 11 aromatic heterocycles. The Balaban J connectivity index is 0.000000152.